The van der Waals surface area contributed by atoms with E-state index in [4.69, 9.17) is 4.42 Å². The molecule has 0 N–H and O–H groups in total. The van der Waals surface area contributed by atoms with Crippen LogP contribution in [0.4, 0.5) is 45.5 Å². The van der Waals surface area contributed by atoms with Crippen molar-refractivity contribution < 1.29 is 4.42 Å². The molecule has 5 heteroatoms. The SMILES string of the molecule is CC(C)(C)c1ccc(N2c3cc4c(cc3B3c5oc6ccc(C(C)(C)C)cc6c5N(c5ccc(C(C)(C)C)cc5)c5cc(N6c7ccccc7C7(C)CCCCC67C)cc2c53)C(C)(C)CCC4(C)C)cc1. The number of rotatable bonds is 3. The van der Waals surface area contributed by atoms with Crippen LogP contribution in [0.25, 0.3) is 11.0 Å². The molecular weight excluding hydrogens is 862 g/mol. The second-order valence-corrected chi connectivity index (χ2v) is 27.3. The quantitative estimate of drug-likeness (QED) is 0.165. The molecule has 364 valence electrons. The van der Waals surface area contributed by atoms with Gasteiger partial charge in [0.25, 0.3) is 6.71 Å². The summed E-state index contributed by atoms with van der Waals surface area (Å²) in [4.78, 5) is 8.07. The lowest BCUT2D eigenvalue weighted by Crippen LogP contribution is -2.61. The third kappa shape index (κ3) is 6.69. The third-order valence-electron chi connectivity index (χ3n) is 18.7. The molecule has 4 nitrogen and oxygen atoms in total. The minimum Gasteiger partial charge on any atom is -0.468 e. The highest BCUT2D eigenvalue weighted by Crippen LogP contribution is 2.62. The van der Waals surface area contributed by atoms with Crippen LogP contribution < -0.4 is 31.3 Å². The Bertz CT molecular complexity index is 3310. The third-order valence-corrected chi connectivity index (χ3v) is 18.7. The Kier molecular flexibility index (Phi) is 9.77. The number of anilines is 8. The van der Waals surface area contributed by atoms with Gasteiger partial charge in [-0.15, -0.1) is 0 Å². The van der Waals surface area contributed by atoms with Crippen molar-refractivity contribution >= 4 is 79.8 Å². The van der Waals surface area contributed by atoms with E-state index in [1.165, 1.54) is 103 Å². The first kappa shape index (κ1) is 46.4. The summed E-state index contributed by atoms with van der Waals surface area (Å²) in [5, 5.41) is 1.17. The predicted octanol–water partition coefficient (Wildman–Crippen LogP) is 16.5. The van der Waals surface area contributed by atoms with Crippen LogP contribution in [0.15, 0.2) is 120 Å². The van der Waals surface area contributed by atoms with Crippen LogP contribution >= 0.6 is 0 Å². The van der Waals surface area contributed by atoms with E-state index in [1.54, 1.807) is 0 Å². The molecular formula is C66H76BN3O. The van der Waals surface area contributed by atoms with Crippen LogP contribution in [0, 0.1) is 0 Å². The molecule has 0 bridgehead atoms. The van der Waals surface area contributed by atoms with Crippen molar-refractivity contribution in [1.29, 1.82) is 0 Å². The van der Waals surface area contributed by atoms with Gasteiger partial charge in [-0.1, -0.05) is 164 Å². The van der Waals surface area contributed by atoms with Gasteiger partial charge in [0.05, 0.1) is 16.9 Å². The van der Waals surface area contributed by atoms with Crippen LogP contribution in [0.3, 0.4) is 0 Å². The van der Waals surface area contributed by atoms with Crippen molar-refractivity contribution in [1.82, 2.24) is 0 Å². The predicted molar refractivity (Wildman–Crippen MR) is 304 cm³/mol. The largest absolute Gasteiger partial charge is 0.468 e. The summed E-state index contributed by atoms with van der Waals surface area (Å²) in [7, 11) is 0. The summed E-state index contributed by atoms with van der Waals surface area (Å²) in [6.45, 7) is 35.8. The van der Waals surface area contributed by atoms with Crippen molar-refractivity contribution in [2.45, 2.75) is 180 Å². The minimum atomic E-state index is -0.146. The Balaban J connectivity index is 1.24. The summed E-state index contributed by atoms with van der Waals surface area (Å²) in [5.41, 5.74) is 22.7. The molecule has 0 amide bonds. The lowest BCUT2D eigenvalue weighted by molar-refractivity contribution is 0.195. The fourth-order valence-electron chi connectivity index (χ4n) is 14.0. The molecule has 71 heavy (non-hydrogen) atoms. The van der Waals surface area contributed by atoms with Crippen molar-refractivity contribution in [3.63, 3.8) is 0 Å². The average molecular weight is 938 g/mol. The van der Waals surface area contributed by atoms with Gasteiger partial charge in [-0.25, -0.2) is 0 Å². The summed E-state index contributed by atoms with van der Waals surface area (Å²) >= 11 is 0. The van der Waals surface area contributed by atoms with E-state index in [1.807, 2.05) is 0 Å². The molecule has 2 atom stereocenters. The van der Waals surface area contributed by atoms with Crippen molar-refractivity contribution in [3.8, 4) is 0 Å². The van der Waals surface area contributed by atoms with Crippen LogP contribution in [-0.4, -0.2) is 12.3 Å². The molecule has 5 aliphatic rings. The standard InChI is InChI=1S/C66H76BN3O/c1-60(2,3)41-22-27-44(28-23-41)68-53-40-50-49(63(10,11)34-35-64(50,12)13)39-51(53)67-57-54(68)37-46(70-52-21-17-16-20-48(52)65(14)32-18-19-33-66(65,70)15)38-55(57)69(45-29-24-42(25-30-45)61(4,5)6)58-47-36-43(62(7,8)9)26-31-56(47)71-59(58)67/h16-17,20-31,36-40H,18-19,32-35H2,1-15H3. The molecule has 0 radical (unpaired) electrons. The number of furan rings is 1. The summed E-state index contributed by atoms with van der Waals surface area (Å²) in [6.07, 6.45) is 7.09. The molecule has 1 saturated carbocycles. The van der Waals surface area contributed by atoms with Gasteiger partial charge < -0.3 is 19.1 Å². The highest BCUT2D eigenvalue weighted by molar-refractivity contribution is 7.00. The van der Waals surface area contributed by atoms with E-state index in [9.17, 15) is 0 Å². The minimum absolute atomic E-state index is 0.00377. The fraction of sp³-hybridized carbons (Fsp3) is 0.424. The highest BCUT2D eigenvalue weighted by atomic mass is 16.3. The van der Waals surface area contributed by atoms with Crippen LogP contribution in [0.5, 0.6) is 0 Å². The Labute approximate surface area is 425 Å². The summed E-state index contributed by atoms with van der Waals surface area (Å²) in [6, 6.07) is 45.8. The Morgan fingerprint density at radius 2 is 1.01 bits per heavy atom. The van der Waals surface area contributed by atoms with E-state index >= 15 is 0 Å². The van der Waals surface area contributed by atoms with Crippen LogP contribution in [0.1, 0.15) is 176 Å². The number of para-hydroxylation sites is 1. The summed E-state index contributed by atoms with van der Waals surface area (Å²) < 4.78 is 7.53. The number of fused-ring (bicyclic) bond motifs is 10. The van der Waals surface area contributed by atoms with E-state index < -0.39 is 0 Å². The van der Waals surface area contributed by atoms with Crippen LogP contribution in [-0.2, 0) is 32.5 Å². The average Bonchev–Trinajstić information content (AvgIpc) is 3.79. The second-order valence-electron chi connectivity index (χ2n) is 27.3. The van der Waals surface area contributed by atoms with Gasteiger partial charge in [-0.2, -0.15) is 0 Å². The van der Waals surface area contributed by atoms with Crippen molar-refractivity contribution in [2.75, 3.05) is 14.7 Å². The number of nitrogens with zero attached hydrogens (tertiary/aromatic N) is 3. The van der Waals surface area contributed by atoms with Gasteiger partial charge in [-0.3, -0.25) is 0 Å². The first-order valence-electron chi connectivity index (χ1n) is 27.0. The Hall–Kier alpha value is -5.68. The smallest absolute Gasteiger partial charge is 0.297 e. The van der Waals surface area contributed by atoms with Gasteiger partial charge in [0.2, 0.25) is 0 Å². The Morgan fingerprint density at radius 1 is 0.479 bits per heavy atom. The van der Waals surface area contributed by atoms with Crippen molar-refractivity contribution in [3.05, 3.63) is 149 Å². The molecule has 0 spiro atoms. The van der Waals surface area contributed by atoms with Gasteiger partial charge in [0, 0.05) is 50.6 Å². The highest BCUT2D eigenvalue weighted by Gasteiger charge is 2.58. The lowest BCUT2D eigenvalue weighted by Gasteiger charge is -2.51. The topological polar surface area (TPSA) is 22.9 Å². The number of hydrogen-bond acceptors (Lipinski definition) is 4. The zero-order valence-corrected chi connectivity index (χ0v) is 45.5. The second kappa shape index (κ2) is 15.0. The number of benzene rings is 6. The monoisotopic (exact) mass is 938 g/mol. The molecule has 0 saturated heterocycles. The van der Waals surface area contributed by atoms with Gasteiger partial charge in [0.1, 0.15) is 5.58 Å². The van der Waals surface area contributed by atoms with E-state index in [2.05, 4.69) is 234 Å². The van der Waals surface area contributed by atoms with Gasteiger partial charge in [0.15, 0.2) is 0 Å². The molecule has 3 aliphatic heterocycles. The maximum absolute atomic E-state index is 7.53. The molecule has 4 heterocycles. The van der Waals surface area contributed by atoms with E-state index in [0.717, 1.165) is 41.9 Å². The number of hydrogen-bond donors (Lipinski definition) is 0. The molecule has 1 fully saturated rings. The first-order valence-corrected chi connectivity index (χ1v) is 27.0. The zero-order valence-electron chi connectivity index (χ0n) is 45.5. The molecule has 6 aromatic carbocycles. The normalized spacial score (nSPS) is 21.9. The van der Waals surface area contributed by atoms with E-state index in [-0.39, 0.29) is 44.7 Å². The maximum Gasteiger partial charge on any atom is 0.297 e. The van der Waals surface area contributed by atoms with Gasteiger partial charge in [-0.05, 0) is 165 Å². The van der Waals surface area contributed by atoms with E-state index in [0.29, 0.717) is 0 Å². The molecule has 2 aliphatic carbocycles. The molecule has 2 unspecified atom stereocenters. The first-order chi connectivity index (χ1) is 33.3. The fourth-order valence-corrected chi connectivity index (χ4v) is 14.0. The molecule has 7 aromatic rings. The molecule has 12 rings (SSSR count). The van der Waals surface area contributed by atoms with Crippen LogP contribution in [0.2, 0.25) is 0 Å². The summed E-state index contributed by atoms with van der Waals surface area (Å²) in [5.74, 6) is 0. The van der Waals surface area contributed by atoms with Crippen molar-refractivity contribution in [2.24, 2.45) is 0 Å². The lowest BCUT2D eigenvalue weighted by atomic mass is 9.35. The Morgan fingerprint density at radius 3 is 1.62 bits per heavy atom. The maximum atomic E-state index is 7.53. The molecule has 1 aromatic heterocycles. The van der Waals surface area contributed by atoms with Gasteiger partial charge >= 0.3 is 0 Å². The zero-order chi connectivity index (χ0) is 50.2.